The van der Waals surface area contributed by atoms with E-state index in [-0.39, 0.29) is 34.5 Å². The average Bonchev–Trinajstić information content (AvgIpc) is 3.17. The minimum atomic E-state index is -0.323. The van der Waals surface area contributed by atoms with E-state index in [1.807, 2.05) is 63.2 Å². The zero-order valence-corrected chi connectivity index (χ0v) is 21.0. The van der Waals surface area contributed by atoms with Crippen molar-refractivity contribution in [2.24, 2.45) is 10.2 Å². The van der Waals surface area contributed by atoms with Crippen LogP contribution in [-0.4, -0.2) is 27.8 Å². The fraction of sp³-hybridized carbons (Fsp3) is 0.214. The molecule has 4 aromatic rings. The predicted molar refractivity (Wildman–Crippen MR) is 141 cm³/mol. The number of benzene rings is 3. The molecule has 0 spiro atoms. The number of carbonyl (C=O) groups excluding carboxylic acids is 1. The van der Waals surface area contributed by atoms with Crippen LogP contribution in [0.5, 0.6) is 5.75 Å². The molecule has 0 fully saturated rings. The quantitative estimate of drug-likeness (QED) is 0.305. The van der Waals surface area contributed by atoms with Crippen LogP contribution in [0.15, 0.2) is 75.7 Å². The molecule has 0 aliphatic carbocycles. The molecule has 0 radical (unpaired) electrons. The number of carbonyl (C=O) groups is 1. The van der Waals surface area contributed by atoms with E-state index < -0.39 is 0 Å². The standard InChI is InChI=1S/C28H29N5O3/c1-16-9-14-22(15-17(16)2)33-28(36)25(19(4)32-33)31-30-24-8-6-7-23(26(24)34)21-12-10-20(11-13-21)18(3)27(35)29-5/h6-15,18,32,34H,1-5H3,(H,29,35). The van der Waals surface area contributed by atoms with E-state index in [9.17, 15) is 14.7 Å². The fourth-order valence-corrected chi connectivity index (χ4v) is 3.97. The highest BCUT2D eigenvalue weighted by Gasteiger charge is 2.16. The maximum absolute atomic E-state index is 13.0. The number of azo groups is 1. The smallest absolute Gasteiger partial charge is 0.299 e. The summed E-state index contributed by atoms with van der Waals surface area (Å²) in [5.74, 6) is -0.393. The number of hydrogen-bond acceptors (Lipinski definition) is 5. The number of phenolic OH excluding ortho intramolecular Hbond substituents is 1. The number of aromatic amines is 1. The molecule has 0 aliphatic rings. The Bertz CT molecular complexity index is 1510. The second-order valence-electron chi connectivity index (χ2n) is 8.83. The van der Waals surface area contributed by atoms with Crippen molar-refractivity contribution >= 4 is 17.3 Å². The number of amides is 1. The Balaban J connectivity index is 1.64. The summed E-state index contributed by atoms with van der Waals surface area (Å²) in [5, 5.41) is 25.0. The van der Waals surface area contributed by atoms with Gasteiger partial charge in [0, 0.05) is 12.6 Å². The zero-order chi connectivity index (χ0) is 26.0. The summed E-state index contributed by atoms with van der Waals surface area (Å²) in [7, 11) is 1.61. The monoisotopic (exact) mass is 483 g/mol. The molecule has 3 N–H and O–H groups in total. The first-order chi connectivity index (χ1) is 17.2. The Morgan fingerprint density at radius 2 is 1.72 bits per heavy atom. The van der Waals surface area contributed by atoms with Gasteiger partial charge in [0.2, 0.25) is 5.91 Å². The summed E-state index contributed by atoms with van der Waals surface area (Å²) < 4.78 is 1.44. The van der Waals surface area contributed by atoms with Gasteiger partial charge in [0.05, 0.1) is 17.3 Å². The molecule has 184 valence electrons. The SMILES string of the molecule is CNC(=O)C(C)c1ccc(-c2cccc(N=Nc3c(C)[nH]n(-c4ccc(C)c(C)c4)c3=O)c2O)cc1. The normalized spacial score (nSPS) is 12.1. The van der Waals surface area contributed by atoms with Crippen molar-refractivity contribution in [3.05, 3.63) is 93.4 Å². The van der Waals surface area contributed by atoms with Crippen molar-refractivity contribution in [3.8, 4) is 22.6 Å². The fourth-order valence-electron chi connectivity index (χ4n) is 3.97. The summed E-state index contributed by atoms with van der Waals surface area (Å²) in [5.41, 5.74) is 5.81. The molecule has 8 nitrogen and oxygen atoms in total. The third-order valence-corrected chi connectivity index (χ3v) is 6.42. The molecular formula is C28H29N5O3. The molecule has 0 aliphatic heterocycles. The van der Waals surface area contributed by atoms with Crippen LogP contribution in [0.4, 0.5) is 11.4 Å². The molecule has 1 atom stereocenters. The lowest BCUT2D eigenvalue weighted by Crippen LogP contribution is -2.23. The molecule has 0 saturated heterocycles. The number of aromatic nitrogens is 2. The zero-order valence-electron chi connectivity index (χ0n) is 21.0. The van der Waals surface area contributed by atoms with Crippen LogP contribution < -0.4 is 10.9 Å². The Morgan fingerprint density at radius 3 is 2.39 bits per heavy atom. The second-order valence-corrected chi connectivity index (χ2v) is 8.83. The van der Waals surface area contributed by atoms with Gasteiger partial charge in [-0.15, -0.1) is 10.2 Å². The first-order valence-corrected chi connectivity index (χ1v) is 11.7. The number of phenols is 1. The van der Waals surface area contributed by atoms with Crippen LogP contribution in [0.1, 0.15) is 35.2 Å². The average molecular weight is 484 g/mol. The van der Waals surface area contributed by atoms with Crippen molar-refractivity contribution in [2.75, 3.05) is 7.05 Å². The number of hydrogen-bond donors (Lipinski definition) is 3. The molecule has 36 heavy (non-hydrogen) atoms. The van der Waals surface area contributed by atoms with Crippen LogP contribution in [0.3, 0.4) is 0 Å². The van der Waals surface area contributed by atoms with Gasteiger partial charge in [-0.05, 0) is 68.1 Å². The van der Waals surface area contributed by atoms with E-state index in [4.69, 9.17) is 0 Å². The number of aryl methyl sites for hydroxylation is 3. The van der Waals surface area contributed by atoms with Crippen LogP contribution in [-0.2, 0) is 4.79 Å². The van der Waals surface area contributed by atoms with Crippen LogP contribution in [0.25, 0.3) is 16.8 Å². The predicted octanol–water partition coefficient (Wildman–Crippen LogP) is 5.73. The van der Waals surface area contributed by atoms with E-state index in [2.05, 4.69) is 20.6 Å². The van der Waals surface area contributed by atoms with Gasteiger partial charge >= 0.3 is 0 Å². The lowest BCUT2D eigenvalue weighted by Gasteiger charge is -2.12. The number of aromatic hydroxyl groups is 1. The van der Waals surface area contributed by atoms with Crippen LogP contribution >= 0.6 is 0 Å². The lowest BCUT2D eigenvalue weighted by molar-refractivity contribution is -0.121. The van der Waals surface area contributed by atoms with Crippen molar-refractivity contribution in [1.82, 2.24) is 15.1 Å². The molecule has 0 bridgehead atoms. The van der Waals surface area contributed by atoms with Crippen LogP contribution in [0.2, 0.25) is 0 Å². The van der Waals surface area contributed by atoms with Gasteiger partial charge in [0.15, 0.2) is 11.4 Å². The number of H-pyrrole nitrogens is 1. The van der Waals surface area contributed by atoms with Crippen molar-refractivity contribution in [2.45, 2.75) is 33.6 Å². The third kappa shape index (κ3) is 4.70. The largest absolute Gasteiger partial charge is 0.505 e. The first-order valence-electron chi connectivity index (χ1n) is 11.7. The maximum Gasteiger partial charge on any atom is 0.299 e. The number of likely N-dealkylation sites (N-methyl/N-ethyl adjacent to an activating group) is 1. The summed E-state index contributed by atoms with van der Waals surface area (Å²) >= 11 is 0. The Labute approximate surface area is 209 Å². The molecule has 1 heterocycles. The highest BCUT2D eigenvalue weighted by Crippen LogP contribution is 2.38. The van der Waals surface area contributed by atoms with Crippen molar-refractivity contribution in [3.63, 3.8) is 0 Å². The topological polar surface area (TPSA) is 112 Å². The van der Waals surface area contributed by atoms with Crippen molar-refractivity contribution in [1.29, 1.82) is 0 Å². The number of nitrogens with one attached hydrogen (secondary N) is 2. The highest BCUT2D eigenvalue weighted by atomic mass is 16.3. The molecule has 1 aromatic heterocycles. The number of rotatable bonds is 6. The lowest BCUT2D eigenvalue weighted by atomic mass is 9.96. The van der Waals surface area contributed by atoms with Gasteiger partial charge in [-0.25, -0.2) is 4.68 Å². The third-order valence-electron chi connectivity index (χ3n) is 6.42. The summed E-state index contributed by atoms with van der Waals surface area (Å²) in [6.07, 6.45) is 0. The van der Waals surface area contributed by atoms with E-state index in [1.165, 1.54) is 4.68 Å². The minimum Gasteiger partial charge on any atom is -0.505 e. The molecule has 3 aromatic carbocycles. The molecule has 0 saturated carbocycles. The Hall–Kier alpha value is -4.46. The first kappa shape index (κ1) is 24.7. The van der Waals surface area contributed by atoms with E-state index >= 15 is 0 Å². The van der Waals surface area contributed by atoms with Gasteiger partial charge in [0.1, 0.15) is 5.69 Å². The summed E-state index contributed by atoms with van der Waals surface area (Å²) in [6.45, 7) is 7.60. The van der Waals surface area contributed by atoms with Crippen molar-refractivity contribution < 1.29 is 9.90 Å². The number of para-hydroxylation sites is 1. The Morgan fingerprint density at radius 1 is 1.00 bits per heavy atom. The van der Waals surface area contributed by atoms with E-state index in [1.54, 1.807) is 32.2 Å². The molecule has 1 amide bonds. The maximum atomic E-state index is 13.0. The molecular weight excluding hydrogens is 454 g/mol. The van der Waals surface area contributed by atoms with Gasteiger partial charge in [-0.1, -0.05) is 42.5 Å². The summed E-state index contributed by atoms with van der Waals surface area (Å²) in [6, 6.07) is 18.4. The summed E-state index contributed by atoms with van der Waals surface area (Å²) in [4.78, 5) is 24.9. The van der Waals surface area contributed by atoms with Gasteiger partial charge in [0.25, 0.3) is 5.56 Å². The number of nitrogens with zero attached hydrogens (tertiary/aromatic N) is 3. The molecule has 1 unspecified atom stereocenters. The molecule has 8 heteroatoms. The highest BCUT2D eigenvalue weighted by molar-refractivity contribution is 5.83. The van der Waals surface area contributed by atoms with E-state index in [0.29, 0.717) is 16.9 Å². The van der Waals surface area contributed by atoms with Gasteiger partial charge in [-0.3, -0.25) is 14.7 Å². The van der Waals surface area contributed by atoms with Crippen LogP contribution in [0, 0.1) is 20.8 Å². The Kier molecular flexibility index (Phi) is 6.87. The molecule has 4 rings (SSSR count). The van der Waals surface area contributed by atoms with Gasteiger partial charge in [-0.2, -0.15) is 0 Å². The minimum absolute atomic E-state index is 0.0453. The van der Waals surface area contributed by atoms with E-state index in [0.717, 1.165) is 22.3 Å². The second kappa shape index (κ2) is 10.0. The van der Waals surface area contributed by atoms with Gasteiger partial charge < -0.3 is 10.4 Å².